The molecule has 0 aromatic heterocycles. The molecule has 1 heterocycles. The fraction of sp³-hybridized carbons (Fsp3) is 0.846. The molecule has 1 fully saturated rings. The number of nitrogens with zero attached hydrogens (tertiary/aromatic N) is 1. The molecule has 0 bridgehead atoms. The maximum absolute atomic E-state index is 11.8. The number of carbonyl (C=O) groups is 2. The summed E-state index contributed by atoms with van der Waals surface area (Å²) in [4.78, 5) is 24.7. The Hall–Kier alpha value is -1.06. The van der Waals surface area contributed by atoms with E-state index in [9.17, 15) is 9.59 Å². The molecule has 0 unspecified atom stereocenters. The summed E-state index contributed by atoms with van der Waals surface area (Å²) in [6, 6.07) is 0. The van der Waals surface area contributed by atoms with Gasteiger partial charge in [0.25, 0.3) is 0 Å². The lowest BCUT2D eigenvalue weighted by Gasteiger charge is -2.36. The summed E-state index contributed by atoms with van der Waals surface area (Å²) in [5.41, 5.74) is -0.639. The molecule has 0 spiro atoms. The highest BCUT2D eigenvalue weighted by molar-refractivity contribution is 5.78. The SMILES string of the molecule is CCCCCC(=O)N1CCC(C)(C(=O)O)CC1. The second kappa shape index (κ2) is 6.03. The van der Waals surface area contributed by atoms with Crippen LogP contribution in [0.5, 0.6) is 0 Å². The monoisotopic (exact) mass is 241 g/mol. The molecule has 1 amide bonds. The van der Waals surface area contributed by atoms with E-state index in [-0.39, 0.29) is 5.91 Å². The zero-order valence-electron chi connectivity index (χ0n) is 10.9. The van der Waals surface area contributed by atoms with Crippen molar-refractivity contribution >= 4 is 11.9 Å². The summed E-state index contributed by atoms with van der Waals surface area (Å²) in [6.45, 7) is 5.07. The van der Waals surface area contributed by atoms with Gasteiger partial charge in [0.15, 0.2) is 0 Å². The van der Waals surface area contributed by atoms with Gasteiger partial charge in [-0.3, -0.25) is 9.59 Å². The molecule has 0 saturated carbocycles. The van der Waals surface area contributed by atoms with Crippen LogP contribution in [0.4, 0.5) is 0 Å². The number of rotatable bonds is 5. The predicted octanol–water partition coefficient (Wildman–Crippen LogP) is 2.28. The highest BCUT2D eigenvalue weighted by Crippen LogP contribution is 2.31. The zero-order valence-corrected chi connectivity index (χ0v) is 10.9. The number of amides is 1. The first-order valence-electron chi connectivity index (χ1n) is 6.51. The van der Waals surface area contributed by atoms with Gasteiger partial charge in [-0.05, 0) is 26.2 Å². The highest BCUT2D eigenvalue weighted by Gasteiger charge is 2.37. The number of carboxylic acid groups (broad SMARTS) is 1. The fourth-order valence-corrected chi connectivity index (χ4v) is 2.15. The fourth-order valence-electron chi connectivity index (χ4n) is 2.15. The van der Waals surface area contributed by atoms with Crippen molar-refractivity contribution in [2.75, 3.05) is 13.1 Å². The van der Waals surface area contributed by atoms with E-state index in [1.807, 2.05) is 4.90 Å². The maximum Gasteiger partial charge on any atom is 0.309 e. The van der Waals surface area contributed by atoms with Gasteiger partial charge >= 0.3 is 5.97 Å². The summed E-state index contributed by atoms with van der Waals surface area (Å²) >= 11 is 0. The van der Waals surface area contributed by atoms with E-state index in [2.05, 4.69) is 6.92 Å². The Morgan fingerprint density at radius 1 is 1.24 bits per heavy atom. The lowest BCUT2D eigenvalue weighted by molar-refractivity contribution is -0.153. The summed E-state index contributed by atoms with van der Waals surface area (Å²) in [6.07, 6.45) is 4.90. The van der Waals surface area contributed by atoms with Crippen molar-refractivity contribution in [2.24, 2.45) is 5.41 Å². The molecular weight excluding hydrogens is 218 g/mol. The van der Waals surface area contributed by atoms with E-state index in [1.54, 1.807) is 6.92 Å². The van der Waals surface area contributed by atoms with Gasteiger partial charge < -0.3 is 10.0 Å². The molecule has 0 aromatic carbocycles. The van der Waals surface area contributed by atoms with Crippen molar-refractivity contribution in [3.63, 3.8) is 0 Å². The number of carboxylic acids is 1. The van der Waals surface area contributed by atoms with Gasteiger partial charge in [0, 0.05) is 19.5 Å². The highest BCUT2D eigenvalue weighted by atomic mass is 16.4. The van der Waals surface area contributed by atoms with Crippen LogP contribution >= 0.6 is 0 Å². The average molecular weight is 241 g/mol. The Balaban J connectivity index is 2.36. The van der Waals surface area contributed by atoms with Crippen LogP contribution in [0.1, 0.15) is 52.4 Å². The summed E-state index contributed by atoms with van der Waals surface area (Å²) in [5.74, 6) is -0.554. The zero-order chi connectivity index (χ0) is 12.9. The van der Waals surface area contributed by atoms with Crippen molar-refractivity contribution in [3.8, 4) is 0 Å². The van der Waals surface area contributed by atoms with Crippen molar-refractivity contribution in [1.29, 1.82) is 0 Å². The molecule has 0 atom stereocenters. The quantitative estimate of drug-likeness (QED) is 0.751. The lowest BCUT2D eigenvalue weighted by Crippen LogP contribution is -2.45. The van der Waals surface area contributed by atoms with Crippen molar-refractivity contribution < 1.29 is 14.7 Å². The molecule has 98 valence electrons. The van der Waals surface area contributed by atoms with E-state index in [0.717, 1.165) is 19.3 Å². The minimum Gasteiger partial charge on any atom is -0.481 e. The average Bonchev–Trinajstić information content (AvgIpc) is 2.30. The normalized spacial score (nSPS) is 19.1. The van der Waals surface area contributed by atoms with Gasteiger partial charge in [-0.1, -0.05) is 19.8 Å². The first-order valence-corrected chi connectivity index (χ1v) is 6.51. The third kappa shape index (κ3) is 3.72. The van der Waals surface area contributed by atoms with Crippen molar-refractivity contribution in [1.82, 2.24) is 4.90 Å². The van der Waals surface area contributed by atoms with Gasteiger partial charge in [0.05, 0.1) is 5.41 Å². The first-order chi connectivity index (χ1) is 7.99. The summed E-state index contributed by atoms with van der Waals surface area (Å²) < 4.78 is 0. The molecule has 1 aliphatic heterocycles. The number of unbranched alkanes of at least 4 members (excludes halogenated alkanes) is 2. The molecule has 0 radical (unpaired) electrons. The van der Waals surface area contributed by atoms with Crippen molar-refractivity contribution in [2.45, 2.75) is 52.4 Å². The minimum atomic E-state index is -0.740. The Kier molecular flexibility index (Phi) is 4.97. The van der Waals surface area contributed by atoms with E-state index in [1.165, 1.54) is 0 Å². The van der Waals surface area contributed by atoms with Gasteiger partial charge in [-0.2, -0.15) is 0 Å². The Bertz CT molecular complexity index is 280. The summed E-state index contributed by atoms with van der Waals surface area (Å²) in [7, 11) is 0. The van der Waals surface area contributed by atoms with Gasteiger partial charge in [-0.15, -0.1) is 0 Å². The molecule has 1 aliphatic rings. The van der Waals surface area contributed by atoms with Crippen LogP contribution in [-0.2, 0) is 9.59 Å². The Morgan fingerprint density at radius 2 is 1.82 bits per heavy atom. The number of piperidine rings is 1. The van der Waals surface area contributed by atoms with Crippen LogP contribution in [0.2, 0.25) is 0 Å². The molecule has 1 saturated heterocycles. The van der Waals surface area contributed by atoms with Gasteiger partial charge in [0.1, 0.15) is 0 Å². The van der Waals surface area contributed by atoms with Gasteiger partial charge in [0.2, 0.25) is 5.91 Å². The Morgan fingerprint density at radius 3 is 2.29 bits per heavy atom. The predicted molar refractivity (Wildman–Crippen MR) is 65.7 cm³/mol. The van der Waals surface area contributed by atoms with Crippen LogP contribution in [-0.4, -0.2) is 35.0 Å². The molecule has 4 heteroatoms. The van der Waals surface area contributed by atoms with E-state index < -0.39 is 11.4 Å². The molecule has 1 rings (SSSR count). The number of likely N-dealkylation sites (tertiary alicyclic amines) is 1. The van der Waals surface area contributed by atoms with E-state index >= 15 is 0 Å². The van der Waals surface area contributed by atoms with E-state index in [4.69, 9.17) is 5.11 Å². The molecule has 17 heavy (non-hydrogen) atoms. The number of hydrogen-bond donors (Lipinski definition) is 1. The van der Waals surface area contributed by atoms with E-state index in [0.29, 0.717) is 32.4 Å². The largest absolute Gasteiger partial charge is 0.481 e. The van der Waals surface area contributed by atoms with Gasteiger partial charge in [-0.25, -0.2) is 0 Å². The molecule has 4 nitrogen and oxygen atoms in total. The van der Waals surface area contributed by atoms with Crippen LogP contribution < -0.4 is 0 Å². The summed E-state index contributed by atoms with van der Waals surface area (Å²) in [5, 5.41) is 9.09. The number of carbonyl (C=O) groups excluding carboxylic acids is 1. The maximum atomic E-state index is 11.8. The smallest absolute Gasteiger partial charge is 0.309 e. The Labute approximate surface area is 103 Å². The second-order valence-corrected chi connectivity index (χ2v) is 5.20. The van der Waals surface area contributed by atoms with Crippen molar-refractivity contribution in [3.05, 3.63) is 0 Å². The standard InChI is InChI=1S/C13H23NO3/c1-3-4-5-6-11(15)14-9-7-13(2,8-10-14)12(16)17/h3-10H2,1-2H3,(H,16,17). The van der Waals surface area contributed by atoms with Crippen LogP contribution in [0.3, 0.4) is 0 Å². The van der Waals surface area contributed by atoms with Crippen LogP contribution in [0.25, 0.3) is 0 Å². The molecule has 0 aliphatic carbocycles. The first kappa shape index (κ1) is 14.0. The molecule has 1 N–H and O–H groups in total. The number of hydrogen-bond acceptors (Lipinski definition) is 2. The van der Waals surface area contributed by atoms with Crippen LogP contribution in [0.15, 0.2) is 0 Å². The third-order valence-electron chi connectivity index (χ3n) is 3.73. The number of aliphatic carboxylic acids is 1. The topological polar surface area (TPSA) is 57.6 Å². The molecule has 0 aromatic rings. The molecular formula is C13H23NO3. The van der Waals surface area contributed by atoms with Crippen LogP contribution in [0, 0.1) is 5.41 Å². The lowest BCUT2D eigenvalue weighted by atomic mass is 9.80. The second-order valence-electron chi connectivity index (χ2n) is 5.20. The minimum absolute atomic E-state index is 0.186. The third-order valence-corrected chi connectivity index (χ3v) is 3.73.